The van der Waals surface area contributed by atoms with Gasteiger partial charge in [0, 0.05) is 17.2 Å². The summed E-state index contributed by atoms with van der Waals surface area (Å²) in [6, 6.07) is 33.0. The number of hydrogen-bond acceptors (Lipinski definition) is 2. The third kappa shape index (κ3) is 5.94. The number of benzene rings is 4. The van der Waals surface area contributed by atoms with Crippen LogP contribution in [0.5, 0.6) is 0 Å². The maximum Gasteiger partial charge on any atom is 0.161 e. The predicted octanol–water partition coefficient (Wildman–Crippen LogP) is 10.1. The zero-order valence-electron chi connectivity index (χ0n) is 21.2. The molecule has 4 aromatic carbocycles. The summed E-state index contributed by atoms with van der Waals surface area (Å²) in [7, 11) is 0. The first-order valence-electron chi connectivity index (χ1n) is 12.3. The molecule has 0 atom stereocenters. The average Bonchev–Trinajstić information content (AvgIpc) is 2.96. The highest BCUT2D eigenvalue weighted by atomic mass is 35.5. The summed E-state index contributed by atoms with van der Waals surface area (Å²) in [5.74, 6) is 0.604. The van der Waals surface area contributed by atoms with E-state index in [1.54, 1.807) is 6.08 Å². The van der Waals surface area contributed by atoms with Gasteiger partial charge in [0.1, 0.15) is 5.15 Å². The minimum absolute atomic E-state index is 0.415. The molecule has 0 saturated carbocycles. The molecule has 0 aliphatic heterocycles. The Hall–Kier alpha value is -4.27. The number of nitrogens with zero attached hydrogens (tertiary/aromatic N) is 2. The van der Waals surface area contributed by atoms with Gasteiger partial charge in [0.15, 0.2) is 5.82 Å². The summed E-state index contributed by atoms with van der Waals surface area (Å²) in [6.45, 7) is 11.7. The van der Waals surface area contributed by atoms with E-state index in [1.165, 1.54) is 5.56 Å². The highest BCUT2D eigenvalue weighted by molar-refractivity contribution is 6.29. The molecule has 0 spiro atoms. The second-order valence-corrected chi connectivity index (χ2v) is 8.57. The van der Waals surface area contributed by atoms with Crippen molar-refractivity contribution in [1.82, 2.24) is 9.97 Å². The monoisotopic (exact) mass is 500 g/mol. The molecule has 0 N–H and O–H groups in total. The number of hydrogen-bond donors (Lipinski definition) is 0. The number of halogens is 1. The molecule has 37 heavy (non-hydrogen) atoms. The fraction of sp³-hybridized carbons (Fsp3) is 0.0588. The Balaban J connectivity index is 0.00000156. The Bertz CT molecular complexity index is 1570. The number of fused-ring (bicyclic) bond motifs is 1. The molecule has 0 bridgehead atoms. The zero-order chi connectivity index (χ0) is 26.2. The Kier molecular flexibility index (Phi) is 8.45. The van der Waals surface area contributed by atoms with Crippen LogP contribution in [-0.4, -0.2) is 9.97 Å². The fourth-order valence-electron chi connectivity index (χ4n) is 4.13. The van der Waals surface area contributed by atoms with Crippen molar-refractivity contribution in [3.05, 3.63) is 139 Å². The van der Waals surface area contributed by atoms with Gasteiger partial charge in [-0.15, -0.1) is 0 Å². The zero-order valence-corrected chi connectivity index (χ0v) is 21.9. The van der Waals surface area contributed by atoms with Gasteiger partial charge in [-0.05, 0) is 45.2 Å². The molecule has 0 unspecified atom stereocenters. The lowest BCUT2D eigenvalue weighted by molar-refractivity contribution is 1.18. The van der Waals surface area contributed by atoms with Crippen molar-refractivity contribution in [3.63, 3.8) is 0 Å². The van der Waals surface area contributed by atoms with Gasteiger partial charge in [-0.3, -0.25) is 0 Å². The Labute approximate surface area is 224 Å². The van der Waals surface area contributed by atoms with Crippen LogP contribution in [0.3, 0.4) is 0 Å². The molecule has 1 heterocycles. The third-order valence-corrected chi connectivity index (χ3v) is 6.13. The second kappa shape index (κ2) is 12.1. The van der Waals surface area contributed by atoms with Crippen LogP contribution < -0.4 is 0 Å². The van der Waals surface area contributed by atoms with Crippen molar-refractivity contribution in [2.45, 2.75) is 13.8 Å². The molecule has 2 nitrogen and oxygen atoms in total. The molecule has 0 fully saturated rings. The largest absolute Gasteiger partial charge is 0.228 e. The quantitative estimate of drug-likeness (QED) is 0.171. The second-order valence-electron chi connectivity index (χ2n) is 8.18. The normalized spacial score (nSPS) is 10.9. The smallest absolute Gasteiger partial charge is 0.161 e. The van der Waals surface area contributed by atoms with Gasteiger partial charge >= 0.3 is 0 Å². The molecular weight excluding hydrogens is 472 g/mol. The summed E-state index contributed by atoms with van der Waals surface area (Å²) in [6.07, 6.45) is 5.57. The van der Waals surface area contributed by atoms with Gasteiger partial charge in [-0.25, -0.2) is 9.97 Å². The summed E-state index contributed by atoms with van der Waals surface area (Å²) in [5.41, 5.74) is 7.16. The van der Waals surface area contributed by atoms with E-state index in [0.717, 1.165) is 44.3 Å². The van der Waals surface area contributed by atoms with Gasteiger partial charge in [0.05, 0.1) is 5.69 Å². The van der Waals surface area contributed by atoms with Gasteiger partial charge in [0.2, 0.25) is 0 Å². The Morgan fingerprint density at radius 3 is 2.00 bits per heavy atom. The van der Waals surface area contributed by atoms with Crippen LogP contribution in [0, 0.1) is 0 Å². The van der Waals surface area contributed by atoms with E-state index in [0.29, 0.717) is 11.0 Å². The SMILES string of the molecule is C=C/C=C(\C=C)c1ccc2cc(-c3cc(Cl)nc(-c4ccc(-c5ccccc5)cc4)n3)ccc2c1.CC. The van der Waals surface area contributed by atoms with Crippen LogP contribution in [0.15, 0.2) is 128 Å². The molecule has 5 rings (SSSR count). The molecule has 1 aromatic heterocycles. The molecule has 0 radical (unpaired) electrons. The molecule has 3 heteroatoms. The first-order valence-corrected chi connectivity index (χ1v) is 12.7. The number of rotatable bonds is 6. The highest BCUT2D eigenvalue weighted by Crippen LogP contribution is 2.30. The lowest BCUT2D eigenvalue weighted by atomic mass is 9.99. The van der Waals surface area contributed by atoms with Crippen molar-refractivity contribution in [2.24, 2.45) is 0 Å². The van der Waals surface area contributed by atoms with E-state index >= 15 is 0 Å². The molecular formula is C34H29ClN2. The topological polar surface area (TPSA) is 25.8 Å². The van der Waals surface area contributed by atoms with E-state index in [-0.39, 0.29) is 0 Å². The van der Waals surface area contributed by atoms with E-state index in [9.17, 15) is 0 Å². The maximum atomic E-state index is 6.42. The lowest BCUT2D eigenvalue weighted by Crippen LogP contribution is -1.93. The van der Waals surface area contributed by atoms with Gasteiger partial charge < -0.3 is 0 Å². The molecule has 0 aliphatic carbocycles. The minimum Gasteiger partial charge on any atom is -0.228 e. The van der Waals surface area contributed by atoms with Crippen LogP contribution in [-0.2, 0) is 0 Å². The first kappa shape index (κ1) is 25.8. The van der Waals surface area contributed by atoms with Crippen LogP contribution in [0.4, 0.5) is 0 Å². The van der Waals surface area contributed by atoms with Crippen molar-refractivity contribution in [1.29, 1.82) is 0 Å². The van der Waals surface area contributed by atoms with Crippen LogP contribution >= 0.6 is 11.6 Å². The highest BCUT2D eigenvalue weighted by Gasteiger charge is 2.10. The minimum atomic E-state index is 0.415. The van der Waals surface area contributed by atoms with Gasteiger partial charge in [0.25, 0.3) is 0 Å². The Morgan fingerprint density at radius 2 is 1.30 bits per heavy atom. The van der Waals surface area contributed by atoms with Crippen molar-refractivity contribution in [3.8, 4) is 33.8 Å². The number of allylic oxidation sites excluding steroid dienone is 4. The fourth-order valence-corrected chi connectivity index (χ4v) is 4.31. The summed E-state index contributed by atoms with van der Waals surface area (Å²) in [4.78, 5) is 9.32. The van der Waals surface area contributed by atoms with E-state index < -0.39 is 0 Å². The van der Waals surface area contributed by atoms with Gasteiger partial charge in [-0.1, -0.05) is 136 Å². The van der Waals surface area contributed by atoms with Crippen molar-refractivity contribution >= 4 is 27.9 Å². The summed E-state index contributed by atoms with van der Waals surface area (Å²) < 4.78 is 0. The standard InChI is InChI=1S/C32H23ClN2.C2H6/c1-3-8-22(4-2)26-15-16-28-20-29(18-17-27(28)19-26)30-21-31(33)35-32(34-30)25-13-11-24(12-14-25)23-9-6-5-7-10-23;1-2/h3-21H,1-2H2;1-2H3/b22-8+;. The summed E-state index contributed by atoms with van der Waals surface area (Å²) >= 11 is 6.42. The van der Waals surface area contributed by atoms with E-state index in [1.807, 2.05) is 62.4 Å². The van der Waals surface area contributed by atoms with Crippen molar-refractivity contribution in [2.75, 3.05) is 0 Å². The predicted molar refractivity (Wildman–Crippen MR) is 161 cm³/mol. The molecule has 0 aliphatic rings. The molecule has 0 amide bonds. The Morgan fingerprint density at radius 1 is 0.676 bits per heavy atom. The molecule has 182 valence electrons. The summed E-state index contributed by atoms with van der Waals surface area (Å²) in [5, 5.41) is 2.68. The van der Waals surface area contributed by atoms with E-state index in [2.05, 4.69) is 78.8 Å². The maximum absolute atomic E-state index is 6.42. The van der Waals surface area contributed by atoms with Crippen molar-refractivity contribution < 1.29 is 0 Å². The van der Waals surface area contributed by atoms with E-state index in [4.69, 9.17) is 16.6 Å². The number of aromatic nitrogens is 2. The van der Waals surface area contributed by atoms with Gasteiger partial charge in [-0.2, -0.15) is 0 Å². The third-order valence-electron chi connectivity index (χ3n) is 5.93. The average molecular weight is 501 g/mol. The molecule has 5 aromatic rings. The first-order chi connectivity index (χ1) is 18.1. The lowest BCUT2D eigenvalue weighted by Gasteiger charge is -2.09. The van der Waals surface area contributed by atoms with Crippen LogP contribution in [0.25, 0.3) is 50.1 Å². The van der Waals surface area contributed by atoms with Crippen LogP contribution in [0.1, 0.15) is 19.4 Å². The van der Waals surface area contributed by atoms with Crippen LogP contribution in [0.2, 0.25) is 5.15 Å². The molecule has 0 saturated heterocycles.